The number of imide groups is 1. The first-order chi connectivity index (χ1) is 8.08. The van der Waals surface area contributed by atoms with Crippen LogP contribution in [0.2, 0.25) is 0 Å². The molecule has 0 aromatic heterocycles. The third-order valence-electron chi connectivity index (χ3n) is 2.62. The van der Waals surface area contributed by atoms with Gasteiger partial charge in [-0.05, 0) is 17.7 Å². The Kier molecular flexibility index (Phi) is 3.19. The van der Waals surface area contributed by atoms with Crippen LogP contribution < -0.4 is 10.6 Å². The molecule has 1 aliphatic heterocycles. The van der Waals surface area contributed by atoms with E-state index in [4.69, 9.17) is 18.0 Å². The van der Waals surface area contributed by atoms with Gasteiger partial charge in [0.15, 0.2) is 0 Å². The van der Waals surface area contributed by atoms with Crippen molar-refractivity contribution in [1.82, 2.24) is 0 Å². The summed E-state index contributed by atoms with van der Waals surface area (Å²) >= 11 is 4.81. The van der Waals surface area contributed by atoms with Gasteiger partial charge in [0.05, 0.1) is 10.7 Å². The van der Waals surface area contributed by atoms with E-state index in [1.54, 1.807) is 12.1 Å². The number of nitrogens with two attached hydrogens (primary N) is 1. The molecule has 1 aromatic rings. The third-order valence-corrected chi connectivity index (χ3v) is 2.77. The molecular formula is C12H12N2O2S. The van der Waals surface area contributed by atoms with Gasteiger partial charge < -0.3 is 5.73 Å². The molecule has 0 aliphatic carbocycles. The quantitative estimate of drug-likeness (QED) is 0.644. The van der Waals surface area contributed by atoms with Crippen LogP contribution in [0.15, 0.2) is 24.3 Å². The summed E-state index contributed by atoms with van der Waals surface area (Å²) < 4.78 is 0. The summed E-state index contributed by atoms with van der Waals surface area (Å²) in [6.45, 7) is 0. The Bertz CT molecular complexity index is 466. The zero-order chi connectivity index (χ0) is 12.4. The molecule has 1 aliphatic rings. The highest BCUT2D eigenvalue weighted by Crippen LogP contribution is 2.22. The number of hydrogen-bond acceptors (Lipinski definition) is 3. The molecule has 5 heteroatoms. The second kappa shape index (κ2) is 4.63. The summed E-state index contributed by atoms with van der Waals surface area (Å²) in [5.74, 6) is -0.283. The normalized spacial score (nSPS) is 15.4. The minimum absolute atomic E-state index is 0.142. The van der Waals surface area contributed by atoms with E-state index in [1.807, 2.05) is 12.1 Å². The molecule has 0 bridgehead atoms. The van der Waals surface area contributed by atoms with Crippen LogP contribution in [0.1, 0.15) is 18.4 Å². The first kappa shape index (κ1) is 11.7. The molecule has 0 atom stereocenters. The van der Waals surface area contributed by atoms with Crippen LogP contribution in [-0.2, 0) is 16.0 Å². The van der Waals surface area contributed by atoms with Gasteiger partial charge in [0.25, 0.3) is 0 Å². The molecule has 88 valence electrons. The number of hydrogen-bond donors (Lipinski definition) is 1. The average Bonchev–Trinajstić information content (AvgIpc) is 2.59. The Hall–Kier alpha value is -1.75. The SMILES string of the molecule is NC(=S)Cc1ccc(N2C(=O)CCC2=O)cc1. The second-order valence-electron chi connectivity index (χ2n) is 3.93. The van der Waals surface area contributed by atoms with E-state index < -0.39 is 0 Å². The largest absolute Gasteiger partial charge is 0.393 e. The molecule has 1 fully saturated rings. The van der Waals surface area contributed by atoms with Gasteiger partial charge in [-0.25, -0.2) is 0 Å². The maximum absolute atomic E-state index is 11.5. The average molecular weight is 248 g/mol. The maximum Gasteiger partial charge on any atom is 0.234 e. The molecule has 1 heterocycles. The number of thiocarbonyl (C=S) groups is 1. The molecule has 17 heavy (non-hydrogen) atoms. The Labute approximate surface area is 104 Å². The Morgan fingerprint density at radius 2 is 1.71 bits per heavy atom. The minimum Gasteiger partial charge on any atom is -0.393 e. The molecule has 0 spiro atoms. The van der Waals surface area contributed by atoms with Crippen LogP contribution in [0.3, 0.4) is 0 Å². The molecule has 2 rings (SSSR count). The lowest BCUT2D eigenvalue weighted by molar-refractivity contribution is -0.121. The fourth-order valence-electron chi connectivity index (χ4n) is 1.83. The lowest BCUT2D eigenvalue weighted by Crippen LogP contribution is -2.28. The smallest absolute Gasteiger partial charge is 0.234 e. The maximum atomic E-state index is 11.5. The predicted molar refractivity (Wildman–Crippen MR) is 68.7 cm³/mol. The summed E-state index contributed by atoms with van der Waals surface area (Å²) in [5, 5.41) is 0. The van der Waals surface area contributed by atoms with Gasteiger partial charge >= 0.3 is 0 Å². The highest BCUT2D eigenvalue weighted by Gasteiger charge is 2.29. The number of benzene rings is 1. The van der Waals surface area contributed by atoms with E-state index in [0.29, 0.717) is 29.9 Å². The Morgan fingerprint density at radius 3 is 2.18 bits per heavy atom. The predicted octanol–water partition coefficient (Wildman–Crippen LogP) is 1.17. The summed E-state index contributed by atoms with van der Waals surface area (Å²) in [6, 6.07) is 7.14. The van der Waals surface area contributed by atoms with E-state index in [0.717, 1.165) is 5.56 Å². The van der Waals surface area contributed by atoms with Crippen LogP contribution >= 0.6 is 12.2 Å². The van der Waals surface area contributed by atoms with Crippen molar-refractivity contribution >= 4 is 34.7 Å². The number of rotatable bonds is 3. The fourth-order valence-corrected chi connectivity index (χ4v) is 2.00. The summed E-state index contributed by atoms with van der Waals surface area (Å²) in [4.78, 5) is 24.7. The molecule has 2 amide bonds. The minimum atomic E-state index is -0.142. The van der Waals surface area contributed by atoms with E-state index >= 15 is 0 Å². The Morgan fingerprint density at radius 1 is 1.18 bits per heavy atom. The van der Waals surface area contributed by atoms with Gasteiger partial charge in [0.2, 0.25) is 11.8 Å². The molecule has 0 saturated carbocycles. The van der Waals surface area contributed by atoms with Gasteiger partial charge in [-0.15, -0.1) is 0 Å². The number of carbonyl (C=O) groups excluding carboxylic acids is 2. The zero-order valence-electron chi connectivity index (χ0n) is 9.18. The lowest BCUT2D eigenvalue weighted by Gasteiger charge is -2.14. The van der Waals surface area contributed by atoms with Gasteiger partial charge in [-0.1, -0.05) is 24.4 Å². The summed E-state index contributed by atoms with van der Waals surface area (Å²) in [7, 11) is 0. The lowest BCUT2D eigenvalue weighted by atomic mass is 10.1. The summed E-state index contributed by atoms with van der Waals surface area (Å²) in [5.41, 5.74) is 7.03. The molecule has 1 saturated heterocycles. The van der Waals surface area contributed by atoms with Gasteiger partial charge in [-0.3, -0.25) is 14.5 Å². The van der Waals surface area contributed by atoms with Crippen LogP contribution in [0, 0.1) is 0 Å². The van der Waals surface area contributed by atoms with Gasteiger partial charge in [0.1, 0.15) is 0 Å². The van der Waals surface area contributed by atoms with E-state index in [9.17, 15) is 9.59 Å². The van der Waals surface area contributed by atoms with Crippen molar-refractivity contribution in [3.8, 4) is 0 Å². The fraction of sp³-hybridized carbons (Fsp3) is 0.250. The molecule has 0 unspecified atom stereocenters. The molecule has 1 aromatic carbocycles. The monoisotopic (exact) mass is 248 g/mol. The van der Waals surface area contributed by atoms with Crippen LogP contribution in [-0.4, -0.2) is 16.8 Å². The van der Waals surface area contributed by atoms with E-state index in [1.165, 1.54) is 4.90 Å². The second-order valence-corrected chi connectivity index (χ2v) is 4.46. The summed E-state index contributed by atoms with van der Waals surface area (Å²) in [6.07, 6.45) is 1.12. The topological polar surface area (TPSA) is 63.4 Å². The highest BCUT2D eigenvalue weighted by atomic mass is 32.1. The number of amides is 2. The first-order valence-electron chi connectivity index (χ1n) is 5.31. The number of nitrogens with zero attached hydrogens (tertiary/aromatic N) is 1. The Balaban J connectivity index is 2.20. The number of anilines is 1. The molecular weight excluding hydrogens is 236 g/mol. The highest BCUT2D eigenvalue weighted by molar-refractivity contribution is 7.80. The van der Waals surface area contributed by atoms with Crippen molar-refractivity contribution in [2.75, 3.05) is 4.90 Å². The number of carbonyl (C=O) groups is 2. The standard InChI is InChI=1S/C12H12N2O2S/c13-10(17)7-8-1-3-9(4-2-8)14-11(15)5-6-12(14)16/h1-4H,5-7H2,(H2,13,17). The van der Waals surface area contributed by atoms with Crippen molar-refractivity contribution in [3.63, 3.8) is 0 Å². The van der Waals surface area contributed by atoms with Crippen LogP contribution in [0.5, 0.6) is 0 Å². The van der Waals surface area contributed by atoms with Crippen LogP contribution in [0.25, 0.3) is 0 Å². The van der Waals surface area contributed by atoms with E-state index in [-0.39, 0.29) is 11.8 Å². The van der Waals surface area contributed by atoms with E-state index in [2.05, 4.69) is 0 Å². The van der Waals surface area contributed by atoms with Crippen LogP contribution in [0.4, 0.5) is 5.69 Å². The van der Waals surface area contributed by atoms with Crippen molar-refractivity contribution in [1.29, 1.82) is 0 Å². The van der Waals surface area contributed by atoms with Crippen molar-refractivity contribution in [3.05, 3.63) is 29.8 Å². The van der Waals surface area contributed by atoms with Crippen molar-refractivity contribution < 1.29 is 9.59 Å². The molecule has 0 radical (unpaired) electrons. The third kappa shape index (κ3) is 2.50. The molecule has 2 N–H and O–H groups in total. The van der Waals surface area contributed by atoms with Gasteiger partial charge in [0, 0.05) is 19.3 Å². The molecule has 4 nitrogen and oxygen atoms in total. The van der Waals surface area contributed by atoms with Gasteiger partial charge in [-0.2, -0.15) is 0 Å². The first-order valence-corrected chi connectivity index (χ1v) is 5.72. The van der Waals surface area contributed by atoms with Crippen molar-refractivity contribution in [2.24, 2.45) is 5.73 Å². The zero-order valence-corrected chi connectivity index (χ0v) is 10.00. The van der Waals surface area contributed by atoms with Crippen molar-refractivity contribution in [2.45, 2.75) is 19.3 Å².